The molecule has 0 amide bonds. The highest BCUT2D eigenvalue weighted by molar-refractivity contribution is 5.70. The van der Waals surface area contributed by atoms with Gasteiger partial charge in [-0.1, -0.05) is 0 Å². The van der Waals surface area contributed by atoms with Gasteiger partial charge in [0.2, 0.25) is 5.95 Å². The second-order valence-electron chi connectivity index (χ2n) is 4.49. The molecule has 1 fully saturated rings. The molecule has 0 spiro atoms. The Kier molecular flexibility index (Phi) is 2.55. The van der Waals surface area contributed by atoms with Crippen molar-refractivity contribution in [3.8, 4) is 0 Å². The van der Waals surface area contributed by atoms with Crippen LogP contribution in [0.15, 0.2) is 11.1 Å². The zero-order valence-electron chi connectivity index (χ0n) is 10.0. The lowest BCUT2D eigenvalue weighted by molar-refractivity contribution is -0.0299. The number of hydrogen-bond acceptors (Lipinski definition) is 7. The van der Waals surface area contributed by atoms with E-state index in [0.717, 1.165) is 0 Å². The number of nitrogen functional groups attached to an aromatic ring is 1. The van der Waals surface area contributed by atoms with Crippen molar-refractivity contribution in [2.24, 2.45) is 0 Å². The molecule has 5 N–H and O–H groups in total. The lowest BCUT2D eigenvalue weighted by Crippen LogP contribution is -2.30. The van der Waals surface area contributed by atoms with Gasteiger partial charge in [0.1, 0.15) is 12.2 Å². The molecule has 2 aromatic rings. The van der Waals surface area contributed by atoms with E-state index in [0.29, 0.717) is 0 Å². The number of aliphatic hydroxyl groups excluding tert-OH is 2. The van der Waals surface area contributed by atoms with Gasteiger partial charge in [0, 0.05) is 0 Å². The van der Waals surface area contributed by atoms with Crippen molar-refractivity contribution in [2.75, 3.05) is 5.73 Å². The highest BCUT2D eigenvalue weighted by atomic mass is 16.6. The van der Waals surface area contributed by atoms with E-state index in [9.17, 15) is 15.0 Å². The normalized spacial score (nSPS) is 31.1. The van der Waals surface area contributed by atoms with Crippen molar-refractivity contribution in [3.05, 3.63) is 16.7 Å². The van der Waals surface area contributed by atoms with Crippen LogP contribution in [-0.2, 0) is 4.74 Å². The number of H-pyrrole nitrogens is 1. The van der Waals surface area contributed by atoms with Gasteiger partial charge in [-0.3, -0.25) is 14.3 Å². The van der Waals surface area contributed by atoms with Gasteiger partial charge in [0.15, 0.2) is 17.4 Å². The first kappa shape index (κ1) is 12.1. The lowest BCUT2D eigenvalue weighted by Gasteiger charge is -2.16. The van der Waals surface area contributed by atoms with E-state index in [2.05, 4.69) is 15.0 Å². The second-order valence-corrected chi connectivity index (χ2v) is 4.49. The smallest absolute Gasteiger partial charge is 0.280 e. The number of hydrogen-bond donors (Lipinski definition) is 4. The topological polar surface area (TPSA) is 139 Å². The molecule has 9 heteroatoms. The molecule has 0 aromatic carbocycles. The number of ether oxygens (including phenoxy) is 1. The van der Waals surface area contributed by atoms with Gasteiger partial charge in [-0.2, -0.15) is 4.98 Å². The maximum absolute atomic E-state index is 11.6. The molecule has 0 bridgehead atoms. The van der Waals surface area contributed by atoms with Gasteiger partial charge in [-0.15, -0.1) is 0 Å². The third-order valence-electron chi connectivity index (χ3n) is 3.20. The quantitative estimate of drug-likeness (QED) is 0.485. The Balaban J connectivity index is 2.14. The van der Waals surface area contributed by atoms with Crippen molar-refractivity contribution >= 4 is 17.1 Å². The number of anilines is 1. The first-order valence-corrected chi connectivity index (χ1v) is 5.73. The molecule has 9 nitrogen and oxygen atoms in total. The average Bonchev–Trinajstić information content (AvgIpc) is 2.86. The Hall–Kier alpha value is -1.97. The molecule has 0 saturated carbocycles. The van der Waals surface area contributed by atoms with Crippen LogP contribution in [0.1, 0.15) is 13.2 Å². The molecule has 0 radical (unpaired) electrons. The minimum Gasteiger partial charge on any atom is -0.388 e. The zero-order chi connectivity index (χ0) is 13.7. The number of nitrogens with one attached hydrogen (secondary N) is 1. The van der Waals surface area contributed by atoms with Crippen LogP contribution in [0, 0.1) is 0 Å². The van der Waals surface area contributed by atoms with Gasteiger partial charge in [0.05, 0.1) is 12.4 Å². The summed E-state index contributed by atoms with van der Waals surface area (Å²) < 4.78 is 6.84. The number of fused-ring (bicyclic) bond motifs is 1. The Morgan fingerprint density at radius 3 is 2.84 bits per heavy atom. The summed E-state index contributed by atoms with van der Waals surface area (Å²) in [6.45, 7) is 1.64. The number of rotatable bonds is 1. The summed E-state index contributed by atoms with van der Waals surface area (Å²) in [5.74, 6) is -0.0552. The van der Waals surface area contributed by atoms with Crippen LogP contribution >= 0.6 is 0 Å². The Labute approximate surface area is 106 Å². The molecule has 1 aliphatic heterocycles. The molecular weight excluding hydrogens is 254 g/mol. The van der Waals surface area contributed by atoms with Crippen LogP contribution < -0.4 is 11.3 Å². The second kappa shape index (κ2) is 4.02. The fraction of sp³-hybridized carbons (Fsp3) is 0.500. The number of aromatic amines is 1. The summed E-state index contributed by atoms with van der Waals surface area (Å²) in [4.78, 5) is 21.9. The predicted octanol–water partition coefficient (Wildman–Crippen LogP) is -1.66. The van der Waals surface area contributed by atoms with Crippen molar-refractivity contribution in [1.29, 1.82) is 0 Å². The van der Waals surface area contributed by atoms with E-state index in [1.807, 2.05) is 0 Å². The van der Waals surface area contributed by atoms with E-state index in [1.165, 1.54) is 10.9 Å². The Bertz CT molecular complexity index is 680. The average molecular weight is 267 g/mol. The molecular formula is C10H13N5O4. The molecule has 1 aliphatic rings. The molecule has 19 heavy (non-hydrogen) atoms. The van der Waals surface area contributed by atoms with Crippen molar-refractivity contribution in [1.82, 2.24) is 19.5 Å². The zero-order valence-corrected chi connectivity index (χ0v) is 10.0. The highest BCUT2D eigenvalue weighted by Gasteiger charge is 2.42. The largest absolute Gasteiger partial charge is 0.388 e. The van der Waals surface area contributed by atoms with Gasteiger partial charge in [-0.05, 0) is 6.92 Å². The monoisotopic (exact) mass is 267 g/mol. The SMILES string of the molecule is C[C@H]1O[C@@H](n2cnc3c(=O)[nH]c(N)nc32)C(O)C1O. The lowest BCUT2D eigenvalue weighted by atomic mass is 10.1. The number of aliphatic hydroxyl groups is 2. The third-order valence-corrected chi connectivity index (χ3v) is 3.20. The number of imidazole rings is 1. The minimum atomic E-state index is -1.13. The van der Waals surface area contributed by atoms with Gasteiger partial charge in [-0.25, -0.2) is 4.98 Å². The summed E-state index contributed by atoms with van der Waals surface area (Å²) in [7, 11) is 0. The standard InChI is InChI=1S/C10H13N5O4/c1-3-5(16)6(17)9(19-3)15-2-12-4-7(15)13-10(11)14-8(4)18/h2-3,5-6,9,16-17H,1H3,(H3,11,13,14,18)/t3-,5?,6?,9-/m1/s1. The Morgan fingerprint density at radius 2 is 2.21 bits per heavy atom. The summed E-state index contributed by atoms with van der Waals surface area (Å²) in [5, 5.41) is 19.6. The van der Waals surface area contributed by atoms with E-state index in [4.69, 9.17) is 10.5 Å². The third kappa shape index (κ3) is 1.70. The minimum absolute atomic E-state index is 0.0552. The highest BCUT2D eigenvalue weighted by Crippen LogP contribution is 2.30. The van der Waals surface area contributed by atoms with Gasteiger partial charge >= 0.3 is 0 Å². The first-order chi connectivity index (χ1) is 8.99. The van der Waals surface area contributed by atoms with Crippen molar-refractivity contribution in [2.45, 2.75) is 31.5 Å². The molecule has 0 aliphatic carbocycles. The van der Waals surface area contributed by atoms with Crippen LogP contribution in [0.4, 0.5) is 5.95 Å². The van der Waals surface area contributed by atoms with Crippen LogP contribution in [0.2, 0.25) is 0 Å². The molecule has 1 saturated heterocycles. The van der Waals surface area contributed by atoms with Crippen LogP contribution in [0.25, 0.3) is 11.2 Å². The van der Waals surface area contributed by atoms with Crippen LogP contribution in [0.5, 0.6) is 0 Å². The summed E-state index contributed by atoms with van der Waals surface area (Å²) >= 11 is 0. The first-order valence-electron chi connectivity index (χ1n) is 5.73. The molecule has 2 aromatic heterocycles. The molecule has 2 unspecified atom stereocenters. The predicted molar refractivity (Wildman–Crippen MR) is 64.2 cm³/mol. The number of nitrogens with two attached hydrogens (primary N) is 1. The summed E-state index contributed by atoms with van der Waals surface area (Å²) in [5.41, 5.74) is 5.31. The van der Waals surface area contributed by atoms with Crippen molar-refractivity contribution in [3.63, 3.8) is 0 Å². The van der Waals surface area contributed by atoms with E-state index >= 15 is 0 Å². The van der Waals surface area contributed by atoms with Crippen LogP contribution in [-0.4, -0.2) is 48.0 Å². The van der Waals surface area contributed by atoms with Gasteiger partial charge in [0.25, 0.3) is 5.56 Å². The molecule has 4 atom stereocenters. The maximum atomic E-state index is 11.6. The fourth-order valence-corrected chi connectivity index (χ4v) is 2.19. The van der Waals surface area contributed by atoms with Crippen molar-refractivity contribution < 1.29 is 14.9 Å². The van der Waals surface area contributed by atoms with E-state index in [1.54, 1.807) is 6.92 Å². The van der Waals surface area contributed by atoms with Crippen LogP contribution in [0.3, 0.4) is 0 Å². The molecule has 3 heterocycles. The maximum Gasteiger partial charge on any atom is 0.280 e. The fourth-order valence-electron chi connectivity index (χ4n) is 2.19. The molecule has 102 valence electrons. The van der Waals surface area contributed by atoms with E-state index < -0.39 is 30.1 Å². The number of aromatic nitrogens is 4. The summed E-state index contributed by atoms with van der Waals surface area (Å²) in [6, 6.07) is 0. The molecule has 3 rings (SSSR count). The Morgan fingerprint density at radius 1 is 1.47 bits per heavy atom. The number of nitrogens with zero attached hydrogens (tertiary/aromatic N) is 3. The summed E-state index contributed by atoms with van der Waals surface area (Å²) in [6.07, 6.45) is -2.21. The van der Waals surface area contributed by atoms with Gasteiger partial charge < -0.3 is 20.7 Å². The van der Waals surface area contributed by atoms with E-state index in [-0.39, 0.29) is 17.1 Å².